The van der Waals surface area contributed by atoms with Crippen molar-refractivity contribution >= 4 is 10.0 Å². The highest BCUT2D eigenvalue weighted by Gasteiger charge is 2.25. The first kappa shape index (κ1) is 18.1. The van der Waals surface area contributed by atoms with Gasteiger partial charge in [0, 0.05) is 20.2 Å². The van der Waals surface area contributed by atoms with Crippen molar-refractivity contribution in [1.29, 1.82) is 0 Å². The maximum Gasteiger partial charge on any atom is 0.216 e. The Labute approximate surface area is 127 Å². The summed E-state index contributed by atoms with van der Waals surface area (Å²) in [6.07, 6.45) is -0.831. The van der Waals surface area contributed by atoms with Gasteiger partial charge in [-0.3, -0.25) is 0 Å². The van der Waals surface area contributed by atoms with Crippen LogP contribution in [0.4, 0.5) is 0 Å². The number of benzene rings is 1. The van der Waals surface area contributed by atoms with E-state index in [0.717, 1.165) is 0 Å². The molecular weight excluding hydrogens is 290 g/mol. The van der Waals surface area contributed by atoms with Crippen molar-refractivity contribution in [2.45, 2.75) is 20.0 Å². The fourth-order valence-electron chi connectivity index (χ4n) is 2.00. The van der Waals surface area contributed by atoms with Crippen LogP contribution in [0.15, 0.2) is 30.3 Å². The molecule has 0 aliphatic heterocycles. The van der Waals surface area contributed by atoms with Gasteiger partial charge in [-0.2, -0.15) is 4.31 Å². The van der Waals surface area contributed by atoms with E-state index in [4.69, 9.17) is 4.74 Å². The van der Waals surface area contributed by atoms with E-state index in [0.29, 0.717) is 12.1 Å². The SMILES string of the molecule is COCCS(=O)(=O)N(CC(C)C)C[C@H](O)c1ccccc1. The molecule has 0 aliphatic rings. The van der Waals surface area contributed by atoms with Gasteiger partial charge < -0.3 is 9.84 Å². The van der Waals surface area contributed by atoms with Gasteiger partial charge in [0.2, 0.25) is 10.0 Å². The van der Waals surface area contributed by atoms with Gasteiger partial charge in [0.1, 0.15) is 0 Å². The van der Waals surface area contributed by atoms with Crippen LogP contribution < -0.4 is 0 Å². The number of methoxy groups -OCH3 is 1. The highest BCUT2D eigenvalue weighted by molar-refractivity contribution is 7.89. The smallest absolute Gasteiger partial charge is 0.216 e. The number of rotatable bonds is 9. The molecule has 1 atom stereocenters. The zero-order chi connectivity index (χ0) is 15.9. The number of sulfonamides is 1. The van der Waals surface area contributed by atoms with Gasteiger partial charge in [-0.05, 0) is 11.5 Å². The normalized spacial score (nSPS) is 13.8. The first-order valence-electron chi connectivity index (χ1n) is 7.06. The van der Waals surface area contributed by atoms with E-state index < -0.39 is 16.1 Å². The Morgan fingerprint density at radius 1 is 1.19 bits per heavy atom. The third kappa shape index (κ3) is 6.13. The maximum atomic E-state index is 12.3. The average Bonchev–Trinajstić information content (AvgIpc) is 2.45. The fourth-order valence-corrected chi connectivity index (χ4v) is 3.53. The molecular formula is C15H25NO4S. The van der Waals surface area contributed by atoms with Crippen molar-refractivity contribution in [3.8, 4) is 0 Å². The quantitative estimate of drug-likeness (QED) is 0.752. The third-order valence-corrected chi connectivity index (χ3v) is 4.84. The van der Waals surface area contributed by atoms with Gasteiger partial charge in [0.05, 0.1) is 18.5 Å². The summed E-state index contributed by atoms with van der Waals surface area (Å²) in [5.74, 6) is 0.114. The van der Waals surface area contributed by atoms with Gasteiger partial charge in [0.25, 0.3) is 0 Å². The summed E-state index contributed by atoms with van der Waals surface area (Å²) in [6.45, 7) is 4.50. The van der Waals surface area contributed by atoms with E-state index in [1.165, 1.54) is 11.4 Å². The predicted molar refractivity (Wildman–Crippen MR) is 83.5 cm³/mol. The van der Waals surface area contributed by atoms with Crippen molar-refractivity contribution < 1.29 is 18.3 Å². The van der Waals surface area contributed by atoms with E-state index in [1.54, 1.807) is 12.1 Å². The lowest BCUT2D eigenvalue weighted by atomic mass is 10.1. The molecule has 0 saturated carbocycles. The second kappa shape index (κ2) is 8.48. The monoisotopic (exact) mass is 315 g/mol. The molecule has 1 aromatic carbocycles. The molecule has 0 fully saturated rings. The first-order valence-corrected chi connectivity index (χ1v) is 8.67. The molecule has 0 saturated heterocycles. The van der Waals surface area contributed by atoms with E-state index in [2.05, 4.69) is 0 Å². The minimum atomic E-state index is -3.43. The number of aliphatic hydroxyl groups excluding tert-OH is 1. The zero-order valence-electron chi connectivity index (χ0n) is 12.9. The zero-order valence-corrected chi connectivity index (χ0v) is 13.7. The van der Waals surface area contributed by atoms with Crippen LogP contribution in [0.25, 0.3) is 0 Å². The summed E-state index contributed by atoms with van der Waals surface area (Å²) in [5.41, 5.74) is 0.716. The predicted octanol–water partition coefficient (Wildman–Crippen LogP) is 1.65. The standard InChI is InChI=1S/C15H25NO4S/c1-13(2)11-16(21(18,19)10-9-20-3)12-15(17)14-7-5-4-6-8-14/h4-8,13,15,17H,9-12H2,1-3H3/t15-/m0/s1. The summed E-state index contributed by atoms with van der Waals surface area (Å²) in [6, 6.07) is 9.09. The number of ether oxygens (including phenoxy) is 1. The summed E-state index contributed by atoms with van der Waals surface area (Å²) in [4.78, 5) is 0. The lowest BCUT2D eigenvalue weighted by Crippen LogP contribution is -2.39. The van der Waals surface area contributed by atoms with E-state index in [-0.39, 0.29) is 24.8 Å². The molecule has 120 valence electrons. The molecule has 0 aliphatic carbocycles. The highest BCUT2D eigenvalue weighted by Crippen LogP contribution is 2.17. The van der Waals surface area contributed by atoms with Crippen LogP contribution in [0.5, 0.6) is 0 Å². The Bertz CT molecular complexity index is 502. The summed E-state index contributed by atoms with van der Waals surface area (Å²) in [5, 5.41) is 10.3. The summed E-state index contributed by atoms with van der Waals surface area (Å²) < 4.78 is 30.9. The molecule has 0 bridgehead atoms. The summed E-state index contributed by atoms with van der Waals surface area (Å²) in [7, 11) is -1.96. The minimum absolute atomic E-state index is 0.0637. The van der Waals surface area contributed by atoms with Crippen LogP contribution in [0.2, 0.25) is 0 Å². The Hall–Kier alpha value is -0.950. The summed E-state index contributed by atoms with van der Waals surface area (Å²) >= 11 is 0. The Kier molecular flexibility index (Phi) is 7.31. The van der Waals surface area contributed by atoms with Crippen LogP contribution in [-0.4, -0.2) is 50.4 Å². The molecule has 1 rings (SSSR count). The fraction of sp³-hybridized carbons (Fsp3) is 0.600. The highest BCUT2D eigenvalue weighted by atomic mass is 32.2. The Morgan fingerprint density at radius 3 is 2.33 bits per heavy atom. The molecule has 0 amide bonds. The van der Waals surface area contributed by atoms with Crippen LogP contribution in [0.3, 0.4) is 0 Å². The van der Waals surface area contributed by atoms with Crippen molar-refractivity contribution in [2.75, 3.05) is 32.6 Å². The van der Waals surface area contributed by atoms with Crippen molar-refractivity contribution in [1.82, 2.24) is 4.31 Å². The number of hydrogen-bond acceptors (Lipinski definition) is 4. The number of nitrogens with zero attached hydrogens (tertiary/aromatic N) is 1. The van der Waals surface area contributed by atoms with Crippen molar-refractivity contribution in [3.63, 3.8) is 0 Å². The average molecular weight is 315 g/mol. The van der Waals surface area contributed by atoms with Crippen molar-refractivity contribution in [2.24, 2.45) is 5.92 Å². The van der Waals surface area contributed by atoms with E-state index in [1.807, 2.05) is 32.0 Å². The molecule has 5 nitrogen and oxygen atoms in total. The first-order chi connectivity index (χ1) is 9.86. The lowest BCUT2D eigenvalue weighted by molar-refractivity contribution is 0.142. The van der Waals surface area contributed by atoms with Crippen LogP contribution in [-0.2, 0) is 14.8 Å². The second-order valence-electron chi connectivity index (χ2n) is 5.45. The lowest BCUT2D eigenvalue weighted by Gasteiger charge is -2.26. The molecule has 6 heteroatoms. The van der Waals surface area contributed by atoms with E-state index in [9.17, 15) is 13.5 Å². The molecule has 1 aromatic rings. The Morgan fingerprint density at radius 2 is 1.81 bits per heavy atom. The molecule has 0 spiro atoms. The van der Waals surface area contributed by atoms with Crippen LogP contribution >= 0.6 is 0 Å². The minimum Gasteiger partial charge on any atom is -0.387 e. The van der Waals surface area contributed by atoms with Gasteiger partial charge in [0.15, 0.2) is 0 Å². The third-order valence-electron chi connectivity index (χ3n) is 3.07. The molecule has 0 aromatic heterocycles. The molecule has 0 radical (unpaired) electrons. The number of hydrogen-bond donors (Lipinski definition) is 1. The number of aliphatic hydroxyl groups is 1. The molecule has 1 N–H and O–H groups in total. The topological polar surface area (TPSA) is 66.8 Å². The van der Waals surface area contributed by atoms with Crippen LogP contribution in [0.1, 0.15) is 25.5 Å². The maximum absolute atomic E-state index is 12.3. The molecule has 21 heavy (non-hydrogen) atoms. The van der Waals surface area contributed by atoms with Gasteiger partial charge in [-0.1, -0.05) is 44.2 Å². The molecule has 0 unspecified atom stereocenters. The van der Waals surface area contributed by atoms with Gasteiger partial charge >= 0.3 is 0 Å². The van der Waals surface area contributed by atoms with Gasteiger partial charge in [-0.25, -0.2) is 8.42 Å². The van der Waals surface area contributed by atoms with Crippen LogP contribution in [0, 0.1) is 5.92 Å². The van der Waals surface area contributed by atoms with Gasteiger partial charge in [-0.15, -0.1) is 0 Å². The van der Waals surface area contributed by atoms with E-state index >= 15 is 0 Å². The van der Waals surface area contributed by atoms with Crippen molar-refractivity contribution in [3.05, 3.63) is 35.9 Å². The largest absolute Gasteiger partial charge is 0.387 e. The second-order valence-corrected chi connectivity index (χ2v) is 7.53. The molecule has 0 heterocycles. The Balaban J connectivity index is 2.83.